The van der Waals surface area contributed by atoms with Gasteiger partial charge >= 0.3 is 6.18 Å². The van der Waals surface area contributed by atoms with Gasteiger partial charge in [0.1, 0.15) is 0 Å². The molecule has 0 bridgehead atoms. The Balaban J connectivity index is 0.000000211. The summed E-state index contributed by atoms with van der Waals surface area (Å²) in [4.78, 5) is 28.9. The number of amides is 2. The molecule has 1 aromatic heterocycles. The van der Waals surface area contributed by atoms with E-state index in [4.69, 9.17) is 23.2 Å². The van der Waals surface area contributed by atoms with Crippen molar-refractivity contribution in [1.29, 1.82) is 0 Å². The van der Waals surface area contributed by atoms with Gasteiger partial charge in [-0.1, -0.05) is 23.2 Å². The molecule has 1 atom stereocenters. The third-order valence-corrected chi connectivity index (χ3v) is 6.29. The van der Waals surface area contributed by atoms with Crippen molar-refractivity contribution in [3.63, 3.8) is 0 Å². The number of aromatic nitrogens is 1. The molecular weight excluding hydrogens is 518 g/mol. The summed E-state index contributed by atoms with van der Waals surface area (Å²) in [5.41, 5.74) is 2.85. The van der Waals surface area contributed by atoms with E-state index in [1.165, 1.54) is 11.1 Å². The van der Waals surface area contributed by atoms with E-state index in [9.17, 15) is 27.9 Å². The van der Waals surface area contributed by atoms with Crippen LogP contribution in [0.4, 0.5) is 18.9 Å². The van der Waals surface area contributed by atoms with Crippen molar-refractivity contribution in [2.75, 3.05) is 18.0 Å². The van der Waals surface area contributed by atoms with Gasteiger partial charge in [0, 0.05) is 46.0 Å². The lowest BCUT2D eigenvalue weighted by Crippen LogP contribution is -2.37. The van der Waals surface area contributed by atoms with Crippen LogP contribution in [0.1, 0.15) is 43.5 Å². The van der Waals surface area contributed by atoms with Crippen molar-refractivity contribution < 1.29 is 27.9 Å². The molecule has 0 saturated carbocycles. The van der Waals surface area contributed by atoms with Gasteiger partial charge in [0.2, 0.25) is 0 Å². The molecule has 3 aromatic rings. The minimum Gasteiger partial charge on any atom is -0.379 e. The predicted molar refractivity (Wildman–Crippen MR) is 130 cm³/mol. The van der Waals surface area contributed by atoms with Gasteiger partial charge in [-0.05, 0) is 66.4 Å². The van der Waals surface area contributed by atoms with E-state index in [0.29, 0.717) is 35.1 Å². The number of rotatable bonds is 2. The fraction of sp³-hybridized carbons (Fsp3) is 0.240. The van der Waals surface area contributed by atoms with Crippen LogP contribution in [0, 0.1) is 0 Å². The first kappa shape index (κ1) is 25.9. The molecule has 188 valence electrons. The predicted octanol–water partition coefficient (Wildman–Crippen LogP) is 5.16. The van der Waals surface area contributed by atoms with E-state index in [2.05, 4.69) is 10.3 Å². The van der Waals surface area contributed by atoms with Crippen LogP contribution in [-0.4, -0.2) is 41.2 Å². The Bertz CT molecular complexity index is 1320. The summed E-state index contributed by atoms with van der Waals surface area (Å²) >= 11 is 11.7. The molecule has 0 saturated heterocycles. The van der Waals surface area contributed by atoms with Crippen LogP contribution in [0.3, 0.4) is 0 Å². The number of hydrogen-bond donors (Lipinski definition) is 2. The van der Waals surface area contributed by atoms with Gasteiger partial charge in [0.15, 0.2) is 6.10 Å². The van der Waals surface area contributed by atoms with Crippen molar-refractivity contribution in [2.24, 2.45) is 0 Å². The number of alkyl halides is 3. The summed E-state index contributed by atoms with van der Waals surface area (Å²) in [5.74, 6) is -0.332. The average molecular weight is 538 g/mol. The number of hydrogen-bond acceptors (Lipinski definition) is 4. The fourth-order valence-electron chi connectivity index (χ4n) is 4.03. The van der Waals surface area contributed by atoms with Crippen molar-refractivity contribution >= 4 is 40.7 Å². The Morgan fingerprint density at radius 3 is 2.25 bits per heavy atom. The number of anilines is 1. The van der Waals surface area contributed by atoms with Crippen molar-refractivity contribution in [1.82, 2.24) is 10.3 Å². The maximum atomic E-state index is 12.6. The molecule has 2 aliphatic rings. The third-order valence-electron chi connectivity index (χ3n) is 5.82. The molecule has 6 nitrogen and oxygen atoms in total. The molecule has 2 amide bonds. The lowest BCUT2D eigenvalue weighted by molar-refractivity contribution is -0.206. The van der Waals surface area contributed by atoms with Crippen LogP contribution < -0.4 is 10.2 Å². The molecular formula is C25H20Cl2F3N3O3. The summed E-state index contributed by atoms with van der Waals surface area (Å²) < 4.78 is 37.9. The van der Waals surface area contributed by atoms with Crippen LogP contribution in [0.5, 0.6) is 0 Å². The maximum Gasteiger partial charge on any atom is 0.418 e. The molecule has 1 unspecified atom stereocenters. The van der Waals surface area contributed by atoms with E-state index < -0.39 is 17.8 Å². The number of carbonyl (C=O) groups excluding carboxylic acids is 2. The molecule has 11 heteroatoms. The highest BCUT2D eigenvalue weighted by atomic mass is 35.5. The van der Waals surface area contributed by atoms with Gasteiger partial charge in [0.05, 0.1) is 11.9 Å². The number of nitrogens with one attached hydrogen (secondary N) is 1. The molecule has 0 aliphatic carbocycles. The van der Waals surface area contributed by atoms with Gasteiger partial charge in [-0.3, -0.25) is 14.6 Å². The van der Waals surface area contributed by atoms with Crippen LogP contribution >= 0.6 is 23.2 Å². The van der Waals surface area contributed by atoms with E-state index in [-0.39, 0.29) is 17.5 Å². The van der Waals surface area contributed by atoms with E-state index in [1.54, 1.807) is 30.3 Å². The number of halogens is 5. The largest absolute Gasteiger partial charge is 0.418 e. The Kier molecular flexibility index (Phi) is 7.54. The Morgan fingerprint density at radius 2 is 1.58 bits per heavy atom. The van der Waals surface area contributed by atoms with Crippen molar-refractivity contribution in [2.45, 2.75) is 25.1 Å². The first-order chi connectivity index (χ1) is 17.0. The topological polar surface area (TPSA) is 82.5 Å². The zero-order valence-electron chi connectivity index (χ0n) is 18.6. The van der Waals surface area contributed by atoms with Crippen molar-refractivity contribution in [3.8, 4) is 0 Å². The number of carbonyl (C=O) groups is 2. The van der Waals surface area contributed by atoms with Crippen LogP contribution in [0.25, 0.3) is 0 Å². The molecule has 3 heterocycles. The second-order valence-electron chi connectivity index (χ2n) is 8.24. The number of nitrogens with zero attached hydrogens (tertiary/aromatic N) is 2. The van der Waals surface area contributed by atoms with Gasteiger partial charge in [-0.25, -0.2) is 0 Å². The van der Waals surface area contributed by atoms with E-state index >= 15 is 0 Å². The Hall–Kier alpha value is -3.14. The van der Waals surface area contributed by atoms with Gasteiger partial charge in [-0.15, -0.1) is 0 Å². The number of aliphatic hydroxyl groups is 1. The second kappa shape index (κ2) is 10.5. The SMILES string of the molecule is O=C1NCCc2cc(Cl)ccc21.O=C1c2ccc(Cl)cc2CCN1c1cncc(C(O)C(F)(F)F)c1. The zero-order chi connectivity index (χ0) is 26.0. The fourth-order valence-corrected chi connectivity index (χ4v) is 4.42. The monoisotopic (exact) mass is 537 g/mol. The maximum absolute atomic E-state index is 12.6. The quantitative estimate of drug-likeness (QED) is 0.473. The van der Waals surface area contributed by atoms with Crippen LogP contribution in [0.2, 0.25) is 10.0 Å². The average Bonchev–Trinajstić information content (AvgIpc) is 2.83. The second-order valence-corrected chi connectivity index (χ2v) is 9.11. The molecule has 2 N–H and O–H groups in total. The van der Waals surface area contributed by atoms with Crippen molar-refractivity contribution in [3.05, 3.63) is 92.7 Å². The lowest BCUT2D eigenvalue weighted by atomic mass is 9.98. The highest BCUT2D eigenvalue weighted by Gasteiger charge is 2.40. The zero-order valence-corrected chi connectivity index (χ0v) is 20.2. The first-order valence-electron chi connectivity index (χ1n) is 10.9. The Labute approximate surface area is 214 Å². The highest BCUT2D eigenvalue weighted by Crippen LogP contribution is 2.34. The number of aliphatic hydroxyl groups excluding tert-OH is 1. The summed E-state index contributed by atoms with van der Waals surface area (Å²) in [6.07, 6.45) is -3.81. The number of benzene rings is 2. The molecule has 0 fully saturated rings. The molecule has 0 spiro atoms. The van der Waals surface area contributed by atoms with Crippen LogP contribution in [-0.2, 0) is 12.8 Å². The van der Waals surface area contributed by atoms with Crippen LogP contribution in [0.15, 0.2) is 54.9 Å². The molecule has 0 radical (unpaired) electrons. The molecule has 5 rings (SSSR count). The molecule has 36 heavy (non-hydrogen) atoms. The lowest BCUT2D eigenvalue weighted by Gasteiger charge is -2.29. The first-order valence-corrected chi connectivity index (χ1v) is 11.7. The minimum atomic E-state index is -4.80. The summed E-state index contributed by atoms with van der Waals surface area (Å²) in [6.45, 7) is 1.01. The standard InChI is InChI=1S/C16H12ClF3N2O2.C9H8ClNO/c17-11-1-2-13-9(5-11)3-4-22(15(13)24)12-6-10(7-21-8-12)14(23)16(18,19)20;10-7-1-2-8-6(5-7)3-4-11-9(8)12/h1-2,5-8,14,23H,3-4H2;1-2,5H,3-4H2,(H,11,12). The van der Waals surface area contributed by atoms with E-state index in [1.807, 2.05) is 6.07 Å². The van der Waals surface area contributed by atoms with Gasteiger partial charge < -0.3 is 15.3 Å². The third kappa shape index (κ3) is 5.64. The summed E-state index contributed by atoms with van der Waals surface area (Å²) in [7, 11) is 0. The normalized spacial score (nSPS) is 15.8. The smallest absolute Gasteiger partial charge is 0.379 e. The highest BCUT2D eigenvalue weighted by molar-refractivity contribution is 6.31. The van der Waals surface area contributed by atoms with E-state index in [0.717, 1.165) is 35.4 Å². The minimum absolute atomic E-state index is 0.00733. The molecule has 2 aliphatic heterocycles. The summed E-state index contributed by atoms with van der Waals surface area (Å²) in [5, 5.41) is 13.3. The number of fused-ring (bicyclic) bond motifs is 2. The van der Waals surface area contributed by atoms with Gasteiger partial charge in [0.25, 0.3) is 11.8 Å². The number of pyridine rings is 1. The summed E-state index contributed by atoms with van der Waals surface area (Å²) in [6, 6.07) is 11.4. The molecule has 2 aromatic carbocycles. The van der Waals surface area contributed by atoms with Gasteiger partial charge in [-0.2, -0.15) is 13.2 Å². The Morgan fingerprint density at radius 1 is 0.944 bits per heavy atom.